The molecule has 0 aliphatic heterocycles. The zero-order valence-corrected chi connectivity index (χ0v) is 20.1. The van der Waals surface area contributed by atoms with Crippen molar-refractivity contribution in [1.29, 1.82) is 0 Å². The number of rotatable bonds is 6. The molecule has 0 bridgehead atoms. The molecule has 0 aliphatic carbocycles. The van der Waals surface area contributed by atoms with Crippen LogP contribution in [0.2, 0.25) is 0 Å². The van der Waals surface area contributed by atoms with E-state index in [4.69, 9.17) is 5.11 Å². The van der Waals surface area contributed by atoms with Crippen LogP contribution in [0.4, 0.5) is 0 Å². The van der Waals surface area contributed by atoms with Crippen molar-refractivity contribution in [3.8, 4) is 0 Å². The van der Waals surface area contributed by atoms with Gasteiger partial charge in [-0.25, -0.2) is 0 Å². The van der Waals surface area contributed by atoms with Gasteiger partial charge in [-0.1, -0.05) is 81.8 Å². The number of ketones is 3. The lowest BCUT2D eigenvalue weighted by atomic mass is 9.92. The van der Waals surface area contributed by atoms with Gasteiger partial charge in [-0.3, -0.25) is 14.4 Å². The Kier molecular flexibility index (Phi) is 30.3. The Balaban J connectivity index is -0.000000218. The molecule has 0 amide bonds. The van der Waals surface area contributed by atoms with Crippen LogP contribution in [0.5, 0.6) is 0 Å². The average Bonchev–Trinajstić information content (AvgIpc) is 2.75. The Hall–Kier alpha value is -2.33. The molecule has 0 heterocycles. The molecule has 0 saturated heterocycles. The van der Waals surface area contributed by atoms with E-state index in [1.165, 1.54) is 13.8 Å². The number of carbonyl (C=O) groups is 3. The Morgan fingerprint density at radius 3 is 1.45 bits per heavy atom. The van der Waals surface area contributed by atoms with Gasteiger partial charge in [0, 0.05) is 19.1 Å². The van der Waals surface area contributed by atoms with Crippen molar-refractivity contribution >= 4 is 17.3 Å². The predicted octanol–water partition coefficient (Wildman–Crippen LogP) is 6.16. The van der Waals surface area contributed by atoms with Crippen LogP contribution in [0.25, 0.3) is 0 Å². The van der Waals surface area contributed by atoms with Crippen molar-refractivity contribution in [3.63, 3.8) is 0 Å². The third-order valence-electron chi connectivity index (χ3n) is 3.24. The highest BCUT2D eigenvalue weighted by Gasteiger charge is 2.23. The van der Waals surface area contributed by atoms with E-state index in [1.807, 2.05) is 84.9 Å². The van der Waals surface area contributed by atoms with Crippen LogP contribution in [-0.4, -0.2) is 29.6 Å². The van der Waals surface area contributed by atoms with Crippen LogP contribution in [0.1, 0.15) is 77.7 Å². The molecule has 0 saturated carbocycles. The number of Topliss-reactive ketones (excluding diaryl/α,β-unsaturated/α-hetero) is 3. The molecular weight excluding hydrogens is 364 g/mol. The summed E-state index contributed by atoms with van der Waals surface area (Å²) in [6.07, 6.45) is 7.97. The first kappa shape index (κ1) is 34.2. The Morgan fingerprint density at radius 1 is 0.828 bits per heavy atom. The van der Waals surface area contributed by atoms with Crippen LogP contribution in [0.3, 0.4) is 0 Å². The quantitative estimate of drug-likeness (QED) is 0.349. The van der Waals surface area contributed by atoms with Gasteiger partial charge in [0.2, 0.25) is 0 Å². The van der Waals surface area contributed by atoms with Crippen molar-refractivity contribution in [2.24, 2.45) is 5.92 Å². The molecule has 1 aromatic rings. The fraction of sp³-hybridized carbons (Fsp3) is 0.480. The number of hydrogen-bond acceptors (Lipinski definition) is 4. The normalized spacial score (nSPS) is 9.10. The van der Waals surface area contributed by atoms with E-state index < -0.39 is 5.92 Å². The fourth-order valence-corrected chi connectivity index (χ4v) is 1.84. The monoisotopic (exact) mass is 406 g/mol. The number of aliphatic hydroxyl groups excluding tert-OH is 1. The minimum absolute atomic E-state index is 0.0340. The second-order valence-corrected chi connectivity index (χ2v) is 5.32. The number of carbonyl (C=O) groups excluding carboxylic acids is 3. The maximum absolute atomic E-state index is 11.9. The summed E-state index contributed by atoms with van der Waals surface area (Å²) in [4.78, 5) is 34.3. The third kappa shape index (κ3) is 20.2. The number of aryl methyl sites for hydroxylation is 1. The lowest BCUT2D eigenvalue weighted by molar-refractivity contribution is -0.130. The van der Waals surface area contributed by atoms with Crippen LogP contribution in [0.15, 0.2) is 48.6 Å². The highest BCUT2D eigenvalue weighted by Crippen LogP contribution is 2.13. The molecule has 1 aromatic carbocycles. The molecule has 0 unspecified atom stereocenters. The molecule has 4 heteroatoms. The molecule has 0 fully saturated rings. The van der Waals surface area contributed by atoms with Crippen LogP contribution >= 0.6 is 0 Å². The van der Waals surface area contributed by atoms with Gasteiger partial charge >= 0.3 is 0 Å². The van der Waals surface area contributed by atoms with Gasteiger partial charge in [-0.05, 0) is 34.6 Å². The molecule has 0 atom stereocenters. The highest BCUT2D eigenvalue weighted by atomic mass is 16.2. The highest BCUT2D eigenvalue weighted by molar-refractivity contribution is 6.06. The Morgan fingerprint density at radius 2 is 1.17 bits per heavy atom. The topological polar surface area (TPSA) is 71.4 Å². The summed E-state index contributed by atoms with van der Waals surface area (Å²) in [7, 11) is 1.00. The lowest BCUT2D eigenvalue weighted by Crippen LogP contribution is -2.22. The number of allylic oxidation sites excluding steroid dienone is 4. The Bertz CT molecular complexity index is 557. The standard InChI is InChI=1S/C14H16O3.C6H10.2C2H6.CH4O/c1-9-4-6-12(7-5-9)14(17)8-13(10(2)15)11(3)16;1-3-5-6-4-2;3*1-2/h4-7,13H,8H2,1-3H3;3-6H,1-2H3;2*1-2H3;2H,1H3/b;5-3-,6-4-;;;. The third-order valence-corrected chi connectivity index (χ3v) is 3.24. The molecule has 0 aliphatic rings. The summed E-state index contributed by atoms with van der Waals surface area (Å²) in [5.74, 6) is -1.47. The Labute approximate surface area is 178 Å². The van der Waals surface area contributed by atoms with Gasteiger partial charge in [0.25, 0.3) is 0 Å². The summed E-state index contributed by atoms with van der Waals surface area (Å²) in [5.41, 5.74) is 1.61. The molecular formula is C25H42O4. The van der Waals surface area contributed by atoms with Crippen molar-refractivity contribution in [3.05, 3.63) is 59.7 Å². The van der Waals surface area contributed by atoms with Crippen LogP contribution < -0.4 is 0 Å². The first-order chi connectivity index (χ1) is 13.8. The van der Waals surface area contributed by atoms with Crippen LogP contribution in [-0.2, 0) is 9.59 Å². The summed E-state index contributed by atoms with van der Waals surface area (Å²) in [6, 6.07) is 7.11. The van der Waals surface area contributed by atoms with Gasteiger partial charge in [-0.15, -0.1) is 0 Å². The first-order valence-electron chi connectivity index (χ1n) is 10.1. The predicted molar refractivity (Wildman–Crippen MR) is 125 cm³/mol. The van der Waals surface area contributed by atoms with Crippen molar-refractivity contribution in [1.82, 2.24) is 0 Å². The smallest absolute Gasteiger partial charge is 0.164 e. The van der Waals surface area contributed by atoms with E-state index in [9.17, 15) is 14.4 Å². The van der Waals surface area contributed by atoms with Gasteiger partial charge in [0.15, 0.2) is 5.78 Å². The molecule has 0 aromatic heterocycles. The van der Waals surface area contributed by atoms with Crippen LogP contribution in [0, 0.1) is 12.8 Å². The number of hydrogen-bond donors (Lipinski definition) is 1. The molecule has 0 spiro atoms. The van der Waals surface area contributed by atoms with E-state index in [1.54, 1.807) is 12.1 Å². The van der Waals surface area contributed by atoms with Gasteiger partial charge in [0.1, 0.15) is 11.6 Å². The zero-order chi connectivity index (χ0) is 23.8. The van der Waals surface area contributed by atoms with Crippen molar-refractivity contribution < 1.29 is 19.5 Å². The second-order valence-electron chi connectivity index (χ2n) is 5.32. The second kappa shape index (κ2) is 25.7. The van der Waals surface area contributed by atoms with Gasteiger partial charge in [-0.2, -0.15) is 0 Å². The van der Waals surface area contributed by atoms with E-state index >= 15 is 0 Å². The largest absolute Gasteiger partial charge is 0.400 e. The molecule has 29 heavy (non-hydrogen) atoms. The van der Waals surface area contributed by atoms with E-state index in [2.05, 4.69) is 0 Å². The van der Waals surface area contributed by atoms with Gasteiger partial charge in [0.05, 0.1) is 5.92 Å². The van der Waals surface area contributed by atoms with E-state index in [0.717, 1.165) is 12.7 Å². The number of aliphatic hydroxyl groups is 1. The zero-order valence-electron chi connectivity index (χ0n) is 20.1. The summed E-state index contributed by atoms with van der Waals surface area (Å²) >= 11 is 0. The van der Waals surface area contributed by atoms with E-state index in [0.29, 0.717) is 5.56 Å². The molecule has 4 nitrogen and oxygen atoms in total. The van der Waals surface area contributed by atoms with Gasteiger partial charge < -0.3 is 5.11 Å². The average molecular weight is 407 g/mol. The lowest BCUT2D eigenvalue weighted by Gasteiger charge is -2.09. The summed E-state index contributed by atoms with van der Waals surface area (Å²) in [5, 5.41) is 7.00. The summed E-state index contributed by atoms with van der Waals surface area (Å²) in [6.45, 7) is 16.6. The maximum atomic E-state index is 11.9. The van der Waals surface area contributed by atoms with Crippen molar-refractivity contribution in [2.75, 3.05) is 7.11 Å². The maximum Gasteiger partial charge on any atom is 0.164 e. The molecule has 1 N–H and O–H groups in total. The first-order valence-corrected chi connectivity index (χ1v) is 10.1. The van der Waals surface area contributed by atoms with E-state index in [-0.39, 0.29) is 23.8 Å². The molecule has 0 radical (unpaired) electrons. The number of benzene rings is 1. The molecule has 1 rings (SSSR count). The molecule has 166 valence electrons. The SMILES string of the molecule is C/C=C\C=C/C.CC.CC.CC(=O)C(CC(=O)c1ccc(C)cc1)C(C)=O.CO. The minimum atomic E-state index is -0.802. The van der Waals surface area contributed by atoms with Crippen molar-refractivity contribution in [2.45, 2.75) is 68.7 Å². The summed E-state index contributed by atoms with van der Waals surface area (Å²) < 4.78 is 0. The fourth-order valence-electron chi connectivity index (χ4n) is 1.84. The minimum Gasteiger partial charge on any atom is -0.400 e.